The van der Waals surface area contributed by atoms with Crippen LogP contribution in [0.3, 0.4) is 0 Å². The molecule has 0 aliphatic carbocycles. The third kappa shape index (κ3) is 1.08. The van der Waals surface area contributed by atoms with Gasteiger partial charge in [-0.1, -0.05) is 5.46 Å². The lowest BCUT2D eigenvalue weighted by Gasteiger charge is -1.99. The number of nitrogens with zero attached hydrogens (tertiary/aromatic N) is 3. The van der Waals surface area contributed by atoms with E-state index in [1.54, 1.807) is 31.2 Å². The van der Waals surface area contributed by atoms with Gasteiger partial charge in [-0.15, -0.1) is 0 Å². The quantitative estimate of drug-likeness (QED) is 0.482. The Morgan fingerprint density at radius 3 is 2.77 bits per heavy atom. The first-order valence-corrected chi connectivity index (χ1v) is 3.88. The Morgan fingerprint density at radius 2 is 2.08 bits per heavy atom. The van der Waals surface area contributed by atoms with Crippen LogP contribution in [0.5, 0.6) is 0 Å². The van der Waals surface area contributed by atoms with E-state index in [0.717, 1.165) is 0 Å². The first-order valence-electron chi connectivity index (χ1n) is 3.88. The zero-order chi connectivity index (χ0) is 9.59. The summed E-state index contributed by atoms with van der Waals surface area (Å²) >= 11 is 0. The summed E-state index contributed by atoms with van der Waals surface area (Å²) in [5.41, 5.74) is 1.03. The molecule has 0 saturated carbocycles. The molecule has 0 amide bonds. The number of hydrogen-bond acceptors (Lipinski definition) is 2. The summed E-state index contributed by atoms with van der Waals surface area (Å²) in [5.74, 6) is 0. The third-order valence-electron chi connectivity index (χ3n) is 1.99. The fraction of sp³-hybridized carbons (Fsp3) is 0.250. The van der Waals surface area contributed by atoms with Crippen LogP contribution in [0.4, 0.5) is 0 Å². The van der Waals surface area contributed by atoms with Crippen LogP contribution in [-0.4, -0.2) is 22.2 Å². The van der Waals surface area contributed by atoms with Crippen LogP contribution in [0.2, 0.25) is 0 Å². The third-order valence-corrected chi connectivity index (χ3v) is 1.99. The van der Waals surface area contributed by atoms with Gasteiger partial charge in [0.05, 0.1) is 10.9 Å². The van der Waals surface area contributed by atoms with Crippen molar-refractivity contribution in [1.82, 2.24) is 14.3 Å². The van der Waals surface area contributed by atoms with E-state index in [1.807, 2.05) is 0 Å². The van der Waals surface area contributed by atoms with Gasteiger partial charge in [0.2, 0.25) is 0 Å². The Bertz CT molecular complexity index is 526. The number of hydrogen-bond donors (Lipinski definition) is 0. The summed E-state index contributed by atoms with van der Waals surface area (Å²) in [6.07, 6.45) is 3.26. The number of pyridine rings is 1. The lowest BCUT2D eigenvalue weighted by molar-refractivity contribution is 0.780. The summed E-state index contributed by atoms with van der Waals surface area (Å²) in [5, 5.41) is 4.65. The van der Waals surface area contributed by atoms with Gasteiger partial charge in [0.1, 0.15) is 7.85 Å². The Balaban J connectivity index is 3.04. The van der Waals surface area contributed by atoms with Gasteiger partial charge in [0.15, 0.2) is 0 Å². The maximum absolute atomic E-state index is 11.5. The molecule has 2 heterocycles. The van der Waals surface area contributed by atoms with Crippen molar-refractivity contribution in [3.63, 3.8) is 0 Å². The molecule has 13 heavy (non-hydrogen) atoms. The van der Waals surface area contributed by atoms with Crippen molar-refractivity contribution in [3.8, 4) is 0 Å². The van der Waals surface area contributed by atoms with Gasteiger partial charge in [-0.3, -0.25) is 9.48 Å². The number of aryl methyl sites for hydroxylation is 2. The highest BCUT2D eigenvalue weighted by Crippen LogP contribution is 2.01. The van der Waals surface area contributed by atoms with Crippen molar-refractivity contribution in [2.75, 3.05) is 0 Å². The first-order chi connectivity index (χ1) is 6.09. The molecule has 2 rings (SSSR count). The van der Waals surface area contributed by atoms with Crippen LogP contribution < -0.4 is 11.0 Å². The van der Waals surface area contributed by atoms with Crippen molar-refractivity contribution in [2.45, 2.75) is 0 Å². The Kier molecular flexibility index (Phi) is 1.55. The Morgan fingerprint density at radius 1 is 1.38 bits per heavy atom. The first kappa shape index (κ1) is 8.10. The maximum Gasteiger partial charge on any atom is 0.261 e. The Labute approximate surface area is 76.2 Å². The van der Waals surface area contributed by atoms with Crippen molar-refractivity contribution in [3.05, 3.63) is 22.7 Å². The molecule has 0 N–H and O–H groups in total. The molecule has 0 fully saturated rings. The lowest BCUT2D eigenvalue weighted by Crippen LogP contribution is -2.22. The minimum atomic E-state index is -0.0719. The molecule has 0 aromatic carbocycles. The van der Waals surface area contributed by atoms with E-state index in [0.29, 0.717) is 16.4 Å². The van der Waals surface area contributed by atoms with Gasteiger partial charge >= 0.3 is 0 Å². The summed E-state index contributed by atoms with van der Waals surface area (Å²) in [6, 6.07) is 0. The molecular weight excluding hydrogens is 165 g/mol. The predicted octanol–water partition coefficient (Wildman–Crippen LogP) is -0.934. The van der Waals surface area contributed by atoms with Crippen LogP contribution in [-0.2, 0) is 14.1 Å². The molecule has 0 unspecified atom stereocenters. The average Bonchev–Trinajstić information content (AvgIpc) is 2.44. The second kappa shape index (κ2) is 2.48. The minimum Gasteiger partial charge on any atom is -0.318 e. The highest BCUT2D eigenvalue weighted by molar-refractivity contribution is 6.37. The van der Waals surface area contributed by atoms with E-state index < -0.39 is 0 Å². The molecule has 0 spiro atoms. The molecule has 0 atom stereocenters. The smallest absolute Gasteiger partial charge is 0.261 e. The van der Waals surface area contributed by atoms with E-state index >= 15 is 0 Å². The SMILES string of the molecule is [B]c1cn(C)c(=O)c2cn(C)nc12. The van der Waals surface area contributed by atoms with E-state index in [-0.39, 0.29) is 5.56 Å². The summed E-state index contributed by atoms with van der Waals surface area (Å²) in [4.78, 5) is 11.5. The van der Waals surface area contributed by atoms with Crippen LogP contribution >= 0.6 is 0 Å². The fourth-order valence-electron chi connectivity index (χ4n) is 1.38. The number of rotatable bonds is 0. The number of fused-ring (bicyclic) bond motifs is 1. The molecule has 2 radical (unpaired) electrons. The molecule has 0 bridgehead atoms. The standard InChI is InChI=1S/C8H8BN3O/c1-11-4-6(9)7-5(8(11)13)3-12(2)10-7/h3-4H,1-2H3. The van der Waals surface area contributed by atoms with Crippen LogP contribution in [0.25, 0.3) is 10.9 Å². The van der Waals surface area contributed by atoms with E-state index in [1.165, 1.54) is 4.57 Å². The predicted molar refractivity (Wildman–Crippen MR) is 51.3 cm³/mol. The molecule has 0 saturated heterocycles. The molecule has 2 aromatic heterocycles. The van der Waals surface area contributed by atoms with Gasteiger partial charge in [-0.25, -0.2) is 0 Å². The normalized spacial score (nSPS) is 10.9. The van der Waals surface area contributed by atoms with E-state index in [2.05, 4.69) is 5.10 Å². The second-order valence-corrected chi connectivity index (χ2v) is 3.07. The maximum atomic E-state index is 11.5. The molecule has 2 aromatic rings. The van der Waals surface area contributed by atoms with Crippen LogP contribution in [0.1, 0.15) is 0 Å². The molecular formula is C8H8BN3O. The van der Waals surface area contributed by atoms with Gasteiger partial charge in [0.25, 0.3) is 5.56 Å². The van der Waals surface area contributed by atoms with Crippen LogP contribution in [0, 0.1) is 0 Å². The van der Waals surface area contributed by atoms with Crippen molar-refractivity contribution < 1.29 is 0 Å². The largest absolute Gasteiger partial charge is 0.318 e. The minimum absolute atomic E-state index is 0.0719. The number of aromatic nitrogens is 3. The summed E-state index contributed by atoms with van der Waals surface area (Å²) in [6.45, 7) is 0. The monoisotopic (exact) mass is 173 g/mol. The van der Waals surface area contributed by atoms with Gasteiger partial charge in [-0.2, -0.15) is 5.10 Å². The zero-order valence-corrected chi connectivity index (χ0v) is 7.48. The summed E-state index contributed by atoms with van der Waals surface area (Å²) in [7, 11) is 9.14. The lowest BCUT2D eigenvalue weighted by atomic mass is 9.96. The topological polar surface area (TPSA) is 39.8 Å². The summed E-state index contributed by atoms with van der Waals surface area (Å²) < 4.78 is 3.04. The molecule has 64 valence electrons. The second-order valence-electron chi connectivity index (χ2n) is 3.07. The van der Waals surface area contributed by atoms with E-state index in [4.69, 9.17) is 7.85 Å². The molecule has 0 aliphatic rings. The van der Waals surface area contributed by atoms with Crippen molar-refractivity contribution in [1.29, 1.82) is 0 Å². The van der Waals surface area contributed by atoms with Gasteiger partial charge < -0.3 is 4.57 Å². The van der Waals surface area contributed by atoms with Gasteiger partial charge in [-0.05, 0) is 0 Å². The van der Waals surface area contributed by atoms with Crippen molar-refractivity contribution >= 4 is 24.2 Å². The van der Waals surface area contributed by atoms with Gasteiger partial charge in [0, 0.05) is 26.5 Å². The fourth-order valence-corrected chi connectivity index (χ4v) is 1.38. The molecule has 4 nitrogen and oxygen atoms in total. The molecule has 0 aliphatic heterocycles. The zero-order valence-electron chi connectivity index (χ0n) is 7.48. The highest BCUT2D eigenvalue weighted by Gasteiger charge is 2.06. The van der Waals surface area contributed by atoms with Crippen molar-refractivity contribution in [2.24, 2.45) is 14.1 Å². The average molecular weight is 173 g/mol. The Hall–Kier alpha value is -1.52. The highest BCUT2D eigenvalue weighted by atomic mass is 16.1. The molecule has 5 heteroatoms. The van der Waals surface area contributed by atoms with E-state index in [9.17, 15) is 4.79 Å². The van der Waals surface area contributed by atoms with Crippen LogP contribution in [0.15, 0.2) is 17.2 Å².